The molecule has 1 aromatic carbocycles. The van der Waals surface area contributed by atoms with E-state index in [1.54, 1.807) is 13.1 Å². The monoisotopic (exact) mass is 292 g/mol. The van der Waals surface area contributed by atoms with Crippen molar-refractivity contribution in [1.29, 1.82) is 0 Å². The van der Waals surface area contributed by atoms with Crippen LogP contribution in [0.5, 0.6) is 0 Å². The SMILES string of the molecule is CCn1ncc(C(C)=O)c1-c1cccc(Br)c1. The van der Waals surface area contributed by atoms with Gasteiger partial charge in [-0.2, -0.15) is 5.10 Å². The second kappa shape index (κ2) is 4.84. The Morgan fingerprint density at radius 1 is 1.47 bits per heavy atom. The Morgan fingerprint density at radius 3 is 2.82 bits per heavy atom. The summed E-state index contributed by atoms with van der Waals surface area (Å²) < 4.78 is 2.84. The van der Waals surface area contributed by atoms with Gasteiger partial charge in [-0.25, -0.2) is 0 Å². The van der Waals surface area contributed by atoms with Gasteiger partial charge in [-0.3, -0.25) is 9.48 Å². The zero-order valence-corrected chi connectivity index (χ0v) is 11.4. The van der Waals surface area contributed by atoms with Crippen LogP contribution in [0.15, 0.2) is 34.9 Å². The number of ketones is 1. The van der Waals surface area contributed by atoms with E-state index >= 15 is 0 Å². The van der Waals surface area contributed by atoms with E-state index < -0.39 is 0 Å². The number of hydrogen-bond donors (Lipinski definition) is 0. The molecule has 2 aromatic rings. The summed E-state index contributed by atoms with van der Waals surface area (Å²) in [6, 6.07) is 7.90. The van der Waals surface area contributed by atoms with Crippen molar-refractivity contribution in [2.75, 3.05) is 0 Å². The molecule has 1 aromatic heterocycles. The molecule has 4 heteroatoms. The average Bonchev–Trinajstić information content (AvgIpc) is 2.72. The molecule has 0 aliphatic rings. The first-order valence-electron chi connectivity index (χ1n) is 5.46. The van der Waals surface area contributed by atoms with Crippen LogP contribution in [0.1, 0.15) is 24.2 Å². The van der Waals surface area contributed by atoms with E-state index in [-0.39, 0.29) is 5.78 Å². The van der Waals surface area contributed by atoms with Crippen LogP contribution in [-0.2, 0) is 6.54 Å². The Hall–Kier alpha value is -1.42. The fourth-order valence-corrected chi connectivity index (χ4v) is 2.22. The third kappa shape index (κ3) is 2.31. The maximum absolute atomic E-state index is 11.6. The van der Waals surface area contributed by atoms with Gasteiger partial charge >= 0.3 is 0 Å². The molecule has 0 unspecified atom stereocenters. The van der Waals surface area contributed by atoms with E-state index in [1.807, 2.05) is 35.9 Å². The minimum absolute atomic E-state index is 0.0414. The molecule has 0 fully saturated rings. The fraction of sp³-hybridized carbons (Fsp3) is 0.231. The number of halogens is 1. The van der Waals surface area contributed by atoms with Gasteiger partial charge < -0.3 is 0 Å². The molecule has 3 nitrogen and oxygen atoms in total. The number of carbonyl (C=O) groups is 1. The van der Waals surface area contributed by atoms with Crippen molar-refractivity contribution in [2.45, 2.75) is 20.4 Å². The molecule has 88 valence electrons. The second-order valence-corrected chi connectivity index (χ2v) is 4.70. The van der Waals surface area contributed by atoms with E-state index in [9.17, 15) is 4.79 Å². The van der Waals surface area contributed by atoms with Crippen LogP contribution in [0.4, 0.5) is 0 Å². The summed E-state index contributed by atoms with van der Waals surface area (Å²) in [5.41, 5.74) is 2.56. The predicted octanol–water partition coefficient (Wildman–Crippen LogP) is 3.54. The van der Waals surface area contributed by atoms with Crippen molar-refractivity contribution < 1.29 is 4.79 Å². The van der Waals surface area contributed by atoms with Gasteiger partial charge in [0.05, 0.1) is 17.5 Å². The van der Waals surface area contributed by atoms with Gasteiger partial charge in [-0.1, -0.05) is 28.1 Å². The highest BCUT2D eigenvalue weighted by Gasteiger charge is 2.15. The lowest BCUT2D eigenvalue weighted by Crippen LogP contribution is -2.01. The second-order valence-electron chi connectivity index (χ2n) is 3.79. The third-order valence-electron chi connectivity index (χ3n) is 2.62. The topological polar surface area (TPSA) is 34.9 Å². The normalized spacial score (nSPS) is 10.5. The van der Waals surface area contributed by atoms with Crippen LogP contribution in [-0.4, -0.2) is 15.6 Å². The molecule has 0 saturated carbocycles. The lowest BCUT2D eigenvalue weighted by Gasteiger charge is -2.07. The van der Waals surface area contributed by atoms with Crippen LogP contribution < -0.4 is 0 Å². The lowest BCUT2D eigenvalue weighted by molar-refractivity contribution is 0.101. The number of aromatic nitrogens is 2. The minimum atomic E-state index is 0.0414. The number of carbonyl (C=O) groups excluding carboxylic acids is 1. The summed E-state index contributed by atoms with van der Waals surface area (Å²) in [4.78, 5) is 11.6. The van der Waals surface area contributed by atoms with Crippen LogP contribution in [0.25, 0.3) is 11.3 Å². The van der Waals surface area contributed by atoms with E-state index in [0.717, 1.165) is 22.3 Å². The Morgan fingerprint density at radius 2 is 2.24 bits per heavy atom. The van der Waals surface area contributed by atoms with Crippen LogP contribution in [0, 0.1) is 0 Å². The van der Waals surface area contributed by atoms with Gasteiger partial charge in [-0.15, -0.1) is 0 Å². The Labute approximate surface area is 109 Å². The molecule has 0 atom stereocenters. The number of hydrogen-bond acceptors (Lipinski definition) is 2. The highest BCUT2D eigenvalue weighted by Crippen LogP contribution is 2.26. The molecule has 0 bridgehead atoms. The van der Waals surface area contributed by atoms with Gasteiger partial charge in [0.25, 0.3) is 0 Å². The molecule has 0 aliphatic carbocycles. The van der Waals surface area contributed by atoms with Crippen molar-refractivity contribution in [2.24, 2.45) is 0 Å². The van der Waals surface area contributed by atoms with Crippen LogP contribution >= 0.6 is 15.9 Å². The van der Waals surface area contributed by atoms with E-state index in [1.165, 1.54) is 0 Å². The summed E-state index contributed by atoms with van der Waals surface area (Å²) in [6.07, 6.45) is 1.64. The Kier molecular flexibility index (Phi) is 3.43. The molecule has 0 aliphatic heterocycles. The number of Topliss-reactive ketones (excluding diaryl/α,β-unsaturated/α-hetero) is 1. The summed E-state index contributed by atoms with van der Waals surface area (Å²) in [5, 5.41) is 4.24. The Bertz CT molecular complexity index is 560. The maximum Gasteiger partial charge on any atom is 0.163 e. The summed E-state index contributed by atoms with van der Waals surface area (Å²) in [5.74, 6) is 0.0414. The molecule has 0 radical (unpaired) electrons. The van der Waals surface area contributed by atoms with Crippen molar-refractivity contribution in [1.82, 2.24) is 9.78 Å². The van der Waals surface area contributed by atoms with Crippen LogP contribution in [0.3, 0.4) is 0 Å². The molecule has 17 heavy (non-hydrogen) atoms. The maximum atomic E-state index is 11.6. The molecule has 1 heterocycles. The standard InChI is InChI=1S/C13H13BrN2O/c1-3-16-13(12(8-15-16)9(2)17)10-5-4-6-11(14)7-10/h4-8H,3H2,1-2H3. The van der Waals surface area contributed by atoms with E-state index in [0.29, 0.717) is 5.56 Å². The average molecular weight is 293 g/mol. The molecular formula is C13H13BrN2O. The van der Waals surface area contributed by atoms with E-state index in [2.05, 4.69) is 21.0 Å². The van der Waals surface area contributed by atoms with Gasteiger partial charge in [0, 0.05) is 16.6 Å². The molecule has 0 saturated heterocycles. The summed E-state index contributed by atoms with van der Waals surface area (Å²) >= 11 is 3.44. The first kappa shape index (κ1) is 12.0. The molecule has 0 spiro atoms. The molecule has 2 rings (SSSR count). The predicted molar refractivity (Wildman–Crippen MR) is 71.0 cm³/mol. The first-order chi connectivity index (χ1) is 8.13. The zero-order valence-electron chi connectivity index (χ0n) is 9.77. The summed E-state index contributed by atoms with van der Waals surface area (Å²) in [7, 11) is 0. The molecule has 0 amide bonds. The molecular weight excluding hydrogens is 280 g/mol. The number of rotatable bonds is 3. The van der Waals surface area contributed by atoms with Gasteiger partial charge in [0.15, 0.2) is 5.78 Å². The van der Waals surface area contributed by atoms with E-state index in [4.69, 9.17) is 0 Å². The Balaban J connectivity index is 2.64. The molecule has 0 N–H and O–H groups in total. The van der Waals surface area contributed by atoms with Gasteiger partial charge in [0.2, 0.25) is 0 Å². The summed E-state index contributed by atoms with van der Waals surface area (Å²) in [6.45, 7) is 4.33. The van der Waals surface area contributed by atoms with Gasteiger partial charge in [-0.05, 0) is 26.0 Å². The first-order valence-corrected chi connectivity index (χ1v) is 6.25. The van der Waals surface area contributed by atoms with Crippen molar-refractivity contribution in [3.05, 3.63) is 40.5 Å². The number of aryl methyl sites for hydroxylation is 1. The fourth-order valence-electron chi connectivity index (χ4n) is 1.82. The third-order valence-corrected chi connectivity index (χ3v) is 3.11. The highest BCUT2D eigenvalue weighted by atomic mass is 79.9. The van der Waals surface area contributed by atoms with Crippen molar-refractivity contribution >= 4 is 21.7 Å². The number of nitrogens with zero attached hydrogens (tertiary/aromatic N) is 2. The zero-order chi connectivity index (χ0) is 12.4. The highest BCUT2D eigenvalue weighted by molar-refractivity contribution is 9.10. The van der Waals surface area contributed by atoms with Crippen molar-refractivity contribution in [3.63, 3.8) is 0 Å². The largest absolute Gasteiger partial charge is 0.294 e. The lowest BCUT2D eigenvalue weighted by atomic mass is 10.1. The van der Waals surface area contributed by atoms with Crippen LogP contribution in [0.2, 0.25) is 0 Å². The minimum Gasteiger partial charge on any atom is -0.294 e. The number of benzene rings is 1. The quantitative estimate of drug-likeness (QED) is 0.811. The smallest absolute Gasteiger partial charge is 0.163 e. The van der Waals surface area contributed by atoms with Crippen molar-refractivity contribution in [3.8, 4) is 11.3 Å². The van der Waals surface area contributed by atoms with Gasteiger partial charge in [0.1, 0.15) is 0 Å².